The highest BCUT2D eigenvalue weighted by atomic mass is 16.5. The Labute approximate surface area is 117 Å². The summed E-state index contributed by atoms with van der Waals surface area (Å²) >= 11 is 0. The van der Waals surface area contributed by atoms with Gasteiger partial charge < -0.3 is 9.47 Å². The van der Waals surface area contributed by atoms with Crippen LogP contribution in [0.1, 0.15) is 51.5 Å². The molecule has 1 saturated carbocycles. The molecule has 0 heterocycles. The van der Waals surface area contributed by atoms with Crippen LogP contribution in [0.15, 0.2) is 18.2 Å². The summed E-state index contributed by atoms with van der Waals surface area (Å²) in [6.07, 6.45) is 6.82. The smallest absolute Gasteiger partial charge is 0.122 e. The molecule has 1 aromatic rings. The second-order valence-corrected chi connectivity index (χ2v) is 6.16. The molecule has 0 amide bonds. The standard InChI is InChI=1S/C17H26O2/c1-17(2,13-8-6-5-7-9-13)14-10-15(18-3)12-16(11-14)19-4/h10-13H,5-9H2,1-4H3. The first-order chi connectivity index (χ1) is 9.07. The van der Waals surface area contributed by atoms with E-state index in [1.54, 1.807) is 14.2 Å². The lowest BCUT2D eigenvalue weighted by molar-refractivity contribution is 0.235. The number of benzene rings is 1. The fourth-order valence-electron chi connectivity index (χ4n) is 3.24. The van der Waals surface area contributed by atoms with Crippen molar-refractivity contribution < 1.29 is 9.47 Å². The van der Waals surface area contributed by atoms with Crippen molar-refractivity contribution in [3.63, 3.8) is 0 Å². The maximum Gasteiger partial charge on any atom is 0.122 e. The molecular weight excluding hydrogens is 236 g/mol. The highest BCUT2D eigenvalue weighted by molar-refractivity contribution is 5.41. The highest BCUT2D eigenvalue weighted by Crippen LogP contribution is 2.42. The van der Waals surface area contributed by atoms with Crippen molar-refractivity contribution in [1.82, 2.24) is 0 Å². The lowest BCUT2D eigenvalue weighted by Gasteiger charge is -2.37. The molecule has 0 saturated heterocycles. The molecule has 0 N–H and O–H groups in total. The fraction of sp³-hybridized carbons (Fsp3) is 0.647. The predicted octanol–water partition coefficient (Wildman–Crippen LogP) is 4.56. The van der Waals surface area contributed by atoms with Crippen molar-refractivity contribution in [1.29, 1.82) is 0 Å². The Morgan fingerprint density at radius 3 is 1.89 bits per heavy atom. The SMILES string of the molecule is COc1cc(OC)cc(C(C)(C)C2CCCCC2)c1. The monoisotopic (exact) mass is 262 g/mol. The second kappa shape index (κ2) is 5.85. The zero-order chi connectivity index (χ0) is 13.9. The van der Waals surface area contributed by atoms with Gasteiger partial charge in [0.25, 0.3) is 0 Å². The molecule has 2 nitrogen and oxygen atoms in total. The third-order valence-electron chi connectivity index (χ3n) is 4.72. The molecule has 1 aliphatic rings. The van der Waals surface area contributed by atoms with E-state index in [0.717, 1.165) is 17.4 Å². The van der Waals surface area contributed by atoms with Crippen LogP contribution < -0.4 is 9.47 Å². The first kappa shape index (κ1) is 14.2. The number of rotatable bonds is 4. The Morgan fingerprint density at radius 2 is 1.42 bits per heavy atom. The molecular formula is C17H26O2. The average Bonchev–Trinajstić information content (AvgIpc) is 2.47. The van der Waals surface area contributed by atoms with Gasteiger partial charge in [0.05, 0.1) is 14.2 Å². The van der Waals surface area contributed by atoms with Crippen LogP contribution in [0.2, 0.25) is 0 Å². The van der Waals surface area contributed by atoms with Gasteiger partial charge in [-0.05, 0) is 41.9 Å². The van der Waals surface area contributed by atoms with E-state index in [-0.39, 0.29) is 5.41 Å². The van der Waals surface area contributed by atoms with E-state index in [2.05, 4.69) is 26.0 Å². The van der Waals surface area contributed by atoms with Gasteiger partial charge in [-0.2, -0.15) is 0 Å². The van der Waals surface area contributed by atoms with E-state index in [1.165, 1.54) is 37.7 Å². The highest BCUT2D eigenvalue weighted by Gasteiger charge is 2.32. The van der Waals surface area contributed by atoms with Gasteiger partial charge in [0.15, 0.2) is 0 Å². The van der Waals surface area contributed by atoms with Gasteiger partial charge in [-0.1, -0.05) is 33.1 Å². The molecule has 0 bridgehead atoms. The maximum atomic E-state index is 5.40. The van der Waals surface area contributed by atoms with Crippen molar-refractivity contribution in [2.75, 3.05) is 14.2 Å². The largest absolute Gasteiger partial charge is 0.497 e. The van der Waals surface area contributed by atoms with Crippen molar-refractivity contribution in [3.8, 4) is 11.5 Å². The van der Waals surface area contributed by atoms with Gasteiger partial charge in [-0.25, -0.2) is 0 Å². The molecule has 2 heteroatoms. The van der Waals surface area contributed by atoms with Gasteiger partial charge in [0.2, 0.25) is 0 Å². The Kier molecular flexibility index (Phi) is 4.38. The lowest BCUT2D eigenvalue weighted by atomic mass is 9.67. The summed E-state index contributed by atoms with van der Waals surface area (Å²) in [6, 6.07) is 6.27. The summed E-state index contributed by atoms with van der Waals surface area (Å²) in [5.41, 5.74) is 1.51. The van der Waals surface area contributed by atoms with E-state index in [0.29, 0.717) is 0 Å². The van der Waals surface area contributed by atoms with E-state index in [4.69, 9.17) is 9.47 Å². The molecule has 2 rings (SSSR count). The minimum Gasteiger partial charge on any atom is -0.497 e. The molecule has 1 fully saturated rings. The van der Waals surface area contributed by atoms with Crippen molar-refractivity contribution in [2.24, 2.45) is 5.92 Å². The maximum absolute atomic E-state index is 5.40. The summed E-state index contributed by atoms with van der Waals surface area (Å²) in [4.78, 5) is 0. The molecule has 0 spiro atoms. The Hall–Kier alpha value is -1.18. The number of ether oxygens (including phenoxy) is 2. The normalized spacial score (nSPS) is 17.3. The van der Waals surface area contributed by atoms with Crippen LogP contribution >= 0.6 is 0 Å². The molecule has 1 aromatic carbocycles. The van der Waals surface area contributed by atoms with Gasteiger partial charge in [-0.3, -0.25) is 0 Å². The van der Waals surface area contributed by atoms with E-state index < -0.39 is 0 Å². The van der Waals surface area contributed by atoms with Crippen LogP contribution in [-0.2, 0) is 5.41 Å². The number of hydrogen-bond acceptors (Lipinski definition) is 2. The Bertz CT molecular complexity index is 395. The Balaban J connectivity index is 2.32. The molecule has 1 aliphatic carbocycles. The molecule has 0 unspecified atom stereocenters. The van der Waals surface area contributed by atoms with E-state index >= 15 is 0 Å². The van der Waals surface area contributed by atoms with Crippen molar-refractivity contribution in [3.05, 3.63) is 23.8 Å². The zero-order valence-electron chi connectivity index (χ0n) is 12.7. The third-order valence-corrected chi connectivity index (χ3v) is 4.72. The summed E-state index contributed by atoms with van der Waals surface area (Å²) in [5.74, 6) is 2.54. The molecule has 106 valence electrons. The predicted molar refractivity (Wildman–Crippen MR) is 79.1 cm³/mol. The molecule has 0 aliphatic heterocycles. The van der Waals surface area contributed by atoms with Gasteiger partial charge in [-0.15, -0.1) is 0 Å². The van der Waals surface area contributed by atoms with Crippen LogP contribution in [0.3, 0.4) is 0 Å². The number of methoxy groups -OCH3 is 2. The minimum atomic E-state index is 0.183. The van der Waals surface area contributed by atoms with Crippen LogP contribution in [-0.4, -0.2) is 14.2 Å². The zero-order valence-corrected chi connectivity index (χ0v) is 12.7. The topological polar surface area (TPSA) is 18.5 Å². The van der Waals surface area contributed by atoms with E-state index in [1.807, 2.05) is 6.07 Å². The third kappa shape index (κ3) is 3.05. The molecule has 19 heavy (non-hydrogen) atoms. The van der Waals surface area contributed by atoms with Crippen LogP contribution in [0.4, 0.5) is 0 Å². The summed E-state index contributed by atoms with van der Waals surface area (Å²) in [6.45, 7) is 4.72. The van der Waals surface area contributed by atoms with Crippen LogP contribution in [0.5, 0.6) is 11.5 Å². The molecule has 0 atom stereocenters. The Morgan fingerprint density at radius 1 is 0.895 bits per heavy atom. The first-order valence-electron chi connectivity index (χ1n) is 7.31. The van der Waals surface area contributed by atoms with Gasteiger partial charge in [0.1, 0.15) is 11.5 Å². The quantitative estimate of drug-likeness (QED) is 0.792. The van der Waals surface area contributed by atoms with E-state index in [9.17, 15) is 0 Å². The summed E-state index contributed by atoms with van der Waals surface area (Å²) < 4.78 is 10.8. The average molecular weight is 262 g/mol. The first-order valence-corrected chi connectivity index (χ1v) is 7.31. The molecule has 0 radical (unpaired) electrons. The van der Waals surface area contributed by atoms with Crippen molar-refractivity contribution in [2.45, 2.75) is 51.4 Å². The number of hydrogen-bond donors (Lipinski definition) is 0. The van der Waals surface area contributed by atoms with Gasteiger partial charge >= 0.3 is 0 Å². The molecule has 0 aromatic heterocycles. The summed E-state index contributed by atoms with van der Waals surface area (Å²) in [7, 11) is 3.43. The van der Waals surface area contributed by atoms with Crippen LogP contribution in [0, 0.1) is 5.92 Å². The van der Waals surface area contributed by atoms with Gasteiger partial charge in [0, 0.05) is 6.07 Å². The fourth-order valence-corrected chi connectivity index (χ4v) is 3.24. The second-order valence-electron chi connectivity index (χ2n) is 6.16. The van der Waals surface area contributed by atoms with Crippen molar-refractivity contribution >= 4 is 0 Å². The summed E-state index contributed by atoms with van der Waals surface area (Å²) in [5, 5.41) is 0. The van der Waals surface area contributed by atoms with Crippen LogP contribution in [0.25, 0.3) is 0 Å². The lowest BCUT2D eigenvalue weighted by Crippen LogP contribution is -2.30. The minimum absolute atomic E-state index is 0.183.